The predicted molar refractivity (Wildman–Crippen MR) is 144 cm³/mol. The smallest absolute Gasteiger partial charge is 0.244 e. The van der Waals surface area contributed by atoms with E-state index < -0.39 is 10.0 Å². The molecule has 1 aliphatic heterocycles. The van der Waals surface area contributed by atoms with Crippen molar-refractivity contribution < 1.29 is 17.6 Å². The molecule has 3 heterocycles. The highest BCUT2D eigenvalue weighted by molar-refractivity contribution is 7.99. The van der Waals surface area contributed by atoms with Crippen molar-refractivity contribution in [2.45, 2.75) is 36.1 Å². The van der Waals surface area contributed by atoms with Crippen LogP contribution < -0.4 is 4.90 Å². The zero-order valence-electron chi connectivity index (χ0n) is 20.1. The van der Waals surface area contributed by atoms with Crippen molar-refractivity contribution >= 4 is 54.4 Å². The standard InChI is InChI=1S/C26H27N3O4S3/c1-18-7-5-10-22-24(18)27-26(35-22)29(17-20-8-6-16-33-20)25(30)19-12-14-28(15-13-19)36(31,32)23-11-4-3-9-21(23)34-2/h3-11,16,19H,12-15,17H2,1-2H3. The highest BCUT2D eigenvalue weighted by atomic mass is 32.2. The van der Waals surface area contributed by atoms with Gasteiger partial charge in [0.15, 0.2) is 5.13 Å². The lowest BCUT2D eigenvalue weighted by atomic mass is 9.96. The third-order valence-corrected chi connectivity index (χ3v) is 10.4. The first-order valence-electron chi connectivity index (χ1n) is 11.7. The molecule has 36 heavy (non-hydrogen) atoms. The van der Waals surface area contributed by atoms with Crippen LogP contribution in [-0.4, -0.2) is 43.0 Å². The fourth-order valence-electron chi connectivity index (χ4n) is 4.52. The number of carbonyl (C=O) groups is 1. The Morgan fingerprint density at radius 1 is 1.14 bits per heavy atom. The summed E-state index contributed by atoms with van der Waals surface area (Å²) in [6.07, 6.45) is 4.38. The number of carbonyl (C=O) groups excluding carboxylic acids is 1. The van der Waals surface area contributed by atoms with Crippen molar-refractivity contribution in [2.75, 3.05) is 24.2 Å². The Kier molecular flexibility index (Phi) is 7.21. The van der Waals surface area contributed by atoms with Crippen molar-refractivity contribution in [3.8, 4) is 0 Å². The molecule has 0 atom stereocenters. The van der Waals surface area contributed by atoms with Crippen LogP contribution in [0.5, 0.6) is 0 Å². The van der Waals surface area contributed by atoms with Crippen LogP contribution in [0.15, 0.2) is 75.1 Å². The fraction of sp³-hybridized carbons (Fsp3) is 0.308. The quantitative estimate of drug-likeness (QED) is 0.285. The lowest BCUT2D eigenvalue weighted by Gasteiger charge is -2.33. The molecule has 0 N–H and O–H groups in total. The van der Waals surface area contributed by atoms with Gasteiger partial charge in [-0.25, -0.2) is 13.4 Å². The second-order valence-corrected chi connectivity index (χ2v) is 12.5. The van der Waals surface area contributed by atoms with Gasteiger partial charge in [-0.2, -0.15) is 4.31 Å². The minimum absolute atomic E-state index is 0.0512. The van der Waals surface area contributed by atoms with E-state index in [-0.39, 0.29) is 18.4 Å². The van der Waals surface area contributed by atoms with Gasteiger partial charge in [-0.15, -0.1) is 11.8 Å². The molecule has 0 spiro atoms. The number of rotatable bonds is 7. The van der Waals surface area contributed by atoms with Crippen molar-refractivity contribution in [1.82, 2.24) is 9.29 Å². The third-order valence-electron chi connectivity index (χ3n) is 6.49. The maximum absolute atomic E-state index is 13.8. The predicted octanol–water partition coefficient (Wildman–Crippen LogP) is 5.55. The Hall–Kier alpha value is -2.66. The number of aromatic nitrogens is 1. The number of nitrogens with zero attached hydrogens (tertiary/aromatic N) is 3. The first kappa shape index (κ1) is 25.0. The van der Waals surface area contributed by atoms with Gasteiger partial charge in [-0.05, 0) is 61.9 Å². The highest BCUT2D eigenvalue weighted by Crippen LogP contribution is 2.35. The van der Waals surface area contributed by atoms with Crippen LogP contribution in [0, 0.1) is 12.8 Å². The van der Waals surface area contributed by atoms with E-state index in [0.717, 1.165) is 20.7 Å². The molecule has 2 aromatic carbocycles. The van der Waals surface area contributed by atoms with Crippen LogP contribution >= 0.6 is 23.1 Å². The molecular weight excluding hydrogens is 515 g/mol. The number of benzene rings is 2. The molecule has 7 nitrogen and oxygen atoms in total. The summed E-state index contributed by atoms with van der Waals surface area (Å²) in [7, 11) is -3.63. The van der Waals surface area contributed by atoms with E-state index in [2.05, 4.69) is 0 Å². The molecule has 1 saturated heterocycles. The summed E-state index contributed by atoms with van der Waals surface area (Å²) in [4.78, 5) is 21.3. The van der Waals surface area contributed by atoms with Crippen LogP contribution in [0.2, 0.25) is 0 Å². The summed E-state index contributed by atoms with van der Waals surface area (Å²) in [6.45, 7) is 2.89. The monoisotopic (exact) mass is 541 g/mol. The minimum Gasteiger partial charge on any atom is -0.467 e. The average molecular weight is 542 g/mol. The van der Waals surface area contributed by atoms with Gasteiger partial charge in [0.2, 0.25) is 15.9 Å². The van der Waals surface area contributed by atoms with Crippen LogP contribution in [0.4, 0.5) is 5.13 Å². The SMILES string of the molecule is CSc1ccccc1S(=O)(=O)N1CCC(C(=O)N(Cc2ccco2)c2nc3c(C)cccc3s2)CC1. The second-order valence-electron chi connectivity index (χ2n) is 8.75. The van der Waals surface area contributed by atoms with Crippen molar-refractivity contribution in [3.05, 3.63) is 72.2 Å². The van der Waals surface area contributed by atoms with Gasteiger partial charge in [-0.1, -0.05) is 35.6 Å². The lowest BCUT2D eigenvalue weighted by Crippen LogP contribution is -2.44. The maximum atomic E-state index is 13.8. The number of thiazole rings is 1. The highest BCUT2D eigenvalue weighted by Gasteiger charge is 2.36. The average Bonchev–Trinajstić information content (AvgIpc) is 3.57. The van der Waals surface area contributed by atoms with Gasteiger partial charge in [0, 0.05) is 23.9 Å². The summed E-state index contributed by atoms with van der Waals surface area (Å²) in [6, 6.07) is 16.7. The molecule has 1 amide bonds. The Balaban J connectivity index is 1.37. The normalized spacial score (nSPS) is 15.4. The van der Waals surface area contributed by atoms with Gasteiger partial charge >= 0.3 is 0 Å². The number of para-hydroxylation sites is 1. The lowest BCUT2D eigenvalue weighted by molar-refractivity contribution is -0.123. The Bertz CT molecular complexity index is 1470. The maximum Gasteiger partial charge on any atom is 0.244 e. The van der Waals surface area contributed by atoms with E-state index in [1.807, 2.05) is 49.6 Å². The number of piperidine rings is 1. The second kappa shape index (κ2) is 10.4. The van der Waals surface area contributed by atoms with Crippen molar-refractivity contribution in [3.63, 3.8) is 0 Å². The van der Waals surface area contributed by atoms with Crippen molar-refractivity contribution in [1.29, 1.82) is 0 Å². The summed E-state index contributed by atoms with van der Waals surface area (Å²) < 4.78 is 34.8. The summed E-state index contributed by atoms with van der Waals surface area (Å²) in [5, 5.41) is 0.629. The van der Waals surface area contributed by atoms with Crippen LogP contribution in [0.3, 0.4) is 0 Å². The number of furan rings is 1. The summed E-state index contributed by atoms with van der Waals surface area (Å²) in [5.74, 6) is 0.327. The van der Waals surface area contributed by atoms with E-state index in [1.54, 1.807) is 29.4 Å². The molecule has 1 aliphatic rings. The largest absolute Gasteiger partial charge is 0.467 e. The number of hydrogen-bond acceptors (Lipinski definition) is 7. The molecule has 5 rings (SSSR count). The Morgan fingerprint density at radius 2 is 1.92 bits per heavy atom. The molecule has 0 saturated carbocycles. The third kappa shape index (κ3) is 4.82. The Labute approximate surface area is 219 Å². The van der Waals surface area contributed by atoms with Crippen LogP contribution in [0.25, 0.3) is 10.2 Å². The molecule has 4 aromatic rings. The zero-order valence-corrected chi connectivity index (χ0v) is 22.5. The van der Waals surface area contributed by atoms with E-state index in [0.29, 0.717) is 41.7 Å². The first-order valence-corrected chi connectivity index (χ1v) is 15.2. The number of amides is 1. The molecule has 2 aromatic heterocycles. The molecule has 10 heteroatoms. The summed E-state index contributed by atoms with van der Waals surface area (Å²) >= 11 is 2.90. The summed E-state index contributed by atoms with van der Waals surface area (Å²) in [5.41, 5.74) is 1.95. The van der Waals surface area contributed by atoms with Gasteiger partial charge < -0.3 is 4.42 Å². The molecular formula is C26H27N3O4S3. The van der Waals surface area contributed by atoms with E-state index >= 15 is 0 Å². The zero-order chi connectivity index (χ0) is 25.3. The van der Waals surface area contributed by atoms with E-state index in [9.17, 15) is 13.2 Å². The van der Waals surface area contributed by atoms with Gasteiger partial charge in [0.25, 0.3) is 0 Å². The van der Waals surface area contributed by atoms with Gasteiger partial charge in [0.1, 0.15) is 5.76 Å². The van der Waals surface area contributed by atoms with Gasteiger partial charge in [-0.3, -0.25) is 9.69 Å². The number of thioether (sulfide) groups is 1. The van der Waals surface area contributed by atoms with E-state index in [1.165, 1.54) is 27.4 Å². The fourth-order valence-corrected chi connectivity index (χ4v) is 8.16. The molecule has 1 fully saturated rings. The number of sulfonamides is 1. The van der Waals surface area contributed by atoms with Crippen molar-refractivity contribution in [2.24, 2.45) is 5.92 Å². The van der Waals surface area contributed by atoms with Crippen LogP contribution in [-0.2, 0) is 21.4 Å². The molecule has 0 unspecified atom stereocenters. The molecule has 0 aliphatic carbocycles. The molecule has 0 bridgehead atoms. The number of aryl methyl sites for hydroxylation is 1. The Morgan fingerprint density at radius 3 is 2.61 bits per heavy atom. The molecule has 188 valence electrons. The number of anilines is 1. The number of hydrogen-bond donors (Lipinski definition) is 0. The number of fused-ring (bicyclic) bond motifs is 1. The first-order chi connectivity index (χ1) is 17.4. The van der Waals surface area contributed by atoms with Gasteiger partial charge in [0.05, 0.1) is 27.9 Å². The molecule has 0 radical (unpaired) electrons. The minimum atomic E-state index is -3.63. The van der Waals surface area contributed by atoms with Crippen LogP contribution in [0.1, 0.15) is 24.2 Å². The van der Waals surface area contributed by atoms with E-state index in [4.69, 9.17) is 9.40 Å². The topological polar surface area (TPSA) is 83.7 Å².